The van der Waals surface area contributed by atoms with Crippen LogP contribution in [0.4, 0.5) is 0 Å². The number of aryl methyl sites for hydroxylation is 1. The average molecular weight is 703 g/mol. The van der Waals surface area contributed by atoms with Crippen LogP contribution in [-0.4, -0.2) is 75.8 Å². The zero-order valence-corrected chi connectivity index (χ0v) is 29.5. The summed E-state index contributed by atoms with van der Waals surface area (Å²) < 4.78 is 1.54. The van der Waals surface area contributed by atoms with Gasteiger partial charge in [0.05, 0.1) is 45.6 Å². The second-order valence-electron chi connectivity index (χ2n) is 13.3. The van der Waals surface area contributed by atoms with Crippen molar-refractivity contribution in [1.82, 2.24) is 40.4 Å². The second-order valence-corrected chi connectivity index (χ2v) is 14.2. The molecule has 0 aliphatic carbocycles. The summed E-state index contributed by atoms with van der Waals surface area (Å²) >= 11 is 1.59. The number of aliphatic hydroxyl groups is 1. The highest BCUT2D eigenvalue weighted by molar-refractivity contribution is 7.13. The number of aromatic nitrogens is 6. The number of carbonyl (C=O) groups is 2. The highest BCUT2D eigenvalue weighted by Crippen LogP contribution is 2.32. The number of benzene rings is 3. The fraction of sp³-hybridized carbons (Fsp3) is 0.289. The molecule has 3 N–H and O–H groups in total. The van der Waals surface area contributed by atoms with Crippen LogP contribution in [0.25, 0.3) is 43.9 Å². The van der Waals surface area contributed by atoms with Crippen molar-refractivity contribution in [3.63, 3.8) is 0 Å². The van der Waals surface area contributed by atoms with Crippen molar-refractivity contribution < 1.29 is 19.8 Å². The Hall–Kier alpha value is -5.53. The van der Waals surface area contributed by atoms with E-state index in [0.717, 1.165) is 32.6 Å². The number of rotatable bonds is 9. The number of aliphatic hydroxyl groups excluding tert-OH is 1. The molecule has 3 aromatic carbocycles. The third kappa shape index (κ3) is 6.82. The number of phenolic OH excluding ortho intramolecular Hbond substituents is 1. The lowest BCUT2D eigenvalue weighted by Crippen LogP contribution is -2.49. The Balaban J connectivity index is 1.08. The van der Waals surface area contributed by atoms with E-state index >= 15 is 0 Å². The van der Waals surface area contributed by atoms with E-state index in [1.807, 2.05) is 87.8 Å². The number of amides is 2. The van der Waals surface area contributed by atoms with Gasteiger partial charge < -0.3 is 20.4 Å². The van der Waals surface area contributed by atoms with Crippen LogP contribution < -0.4 is 5.32 Å². The number of carbonyl (C=O) groups excluding carboxylic acids is 2. The molecule has 1 aliphatic heterocycles. The summed E-state index contributed by atoms with van der Waals surface area (Å²) in [7, 11) is 0. The SMILES string of the molecule is Cc1ncsc1-c1ccc(C(C)NC(=O)[C@@H]2C[C@@H](O)CN2C(=O)C(C(C)C)n2cc(-c3ccc4nnc(-c5ccccc5O)cc4c3)nn2)cc1. The highest BCUT2D eigenvalue weighted by atomic mass is 32.1. The van der Waals surface area contributed by atoms with Crippen LogP contribution in [0.15, 0.2) is 84.5 Å². The minimum absolute atomic E-state index is 0.0456. The van der Waals surface area contributed by atoms with Crippen LogP contribution in [0, 0.1) is 12.8 Å². The minimum Gasteiger partial charge on any atom is -0.507 e. The molecule has 1 fully saturated rings. The van der Waals surface area contributed by atoms with Crippen molar-refractivity contribution in [1.29, 1.82) is 0 Å². The molecule has 0 saturated carbocycles. The van der Waals surface area contributed by atoms with E-state index in [0.29, 0.717) is 22.5 Å². The zero-order valence-electron chi connectivity index (χ0n) is 28.6. The Morgan fingerprint density at radius 3 is 2.43 bits per heavy atom. The molecule has 4 heterocycles. The maximum Gasteiger partial charge on any atom is 0.248 e. The topological polar surface area (TPSA) is 159 Å². The molecule has 260 valence electrons. The first-order valence-corrected chi connectivity index (χ1v) is 17.7. The Morgan fingerprint density at radius 1 is 0.941 bits per heavy atom. The van der Waals surface area contributed by atoms with E-state index in [-0.39, 0.29) is 42.5 Å². The standard InChI is InChI=1S/C38H38N8O4S/c1-21(2)35(46-19-32(43-44-46)26-13-14-30-27(15-26)16-31(42-41-30)29-7-5-6-8-34(29)48)38(50)45-18-28(47)17-33(45)37(49)40-22(3)24-9-11-25(12-10-24)36-23(4)39-20-51-36/h5-16,19-22,28,33,35,47-48H,17-18H2,1-4H3,(H,40,49)/t22?,28-,33+,35?/m1/s1. The number of para-hydroxylation sites is 1. The molecule has 1 saturated heterocycles. The van der Waals surface area contributed by atoms with Crippen LogP contribution in [0.5, 0.6) is 5.75 Å². The quantitative estimate of drug-likeness (QED) is 0.171. The van der Waals surface area contributed by atoms with Gasteiger partial charge >= 0.3 is 0 Å². The molecular weight excluding hydrogens is 665 g/mol. The first-order chi connectivity index (χ1) is 24.6. The molecule has 0 radical (unpaired) electrons. The summed E-state index contributed by atoms with van der Waals surface area (Å²) in [5.74, 6) is -0.710. The fourth-order valence-electron chi connectivity index (χ4n) is 6.65. The predicted molar refractivity (Wildman–Crippen MR) is 194 cm³/mol. The van der Waals surface area contributed by atoms with Gasteiger partial charge in [0.25, 0.3) is 0 Å². The van der Waals surface area contributed by atoms with E-state index in [9.17, 15) is 19.8 Å². The van der Waals surface area contributed by atoms with Gasteiger partial charge in [-0.25, -0.2) is 9.67 Å². The third-order valence-corrected chi connectivity index (χ3v) is 10.4. The van der Waals surface area contributed by atoms with Crippen molar-refractivity contribution in [2.24, 2.45) is 5.92 Å². The van der Waals surface area contributed by atoms with Crippen molar-refractivity contribution >= 4 is 34.1 Å². The van der Waals surface area contributed by atoms with Crippen molar-refractivity contribution in [3.05, 3.63) is 95.8 Å². The molecule has 2 unspecified atom stereocenters. The van der Waals surface area contributed by atoms with Gasteiger partial charge in [0, 0.05) is 29.5 Å². The Bertz CT molecular complexity index is 2220. The number of likely N-dealkylation sites (tertiary alicyclic amines) is 1. The first-order valence-electron chi connectivity index (χ1n) is 16.8. The molecule has 2 amide bonds. The van der Waals surface area contributed by atoms with Crippen LogP contribution in [-0.2, 0) is 9.59 Å². The number of hydrogen-bond donors (Lipinski definition) is 3. The number of β-amino-alcohol motifs (C(OH)–C–C–N with tert-alkyl or cyclic N) is 1. The number of nitrogens with zero attached hydrogens (tertiary/aromatic N) is 7. The number of thiazole rings is 1. The summed E-state index contributed by atoms with van der Waals surface area (Å²) in [5.41, 5.74) is 7.90. The largest absolute Gasteiger partial charge is 0.507 e. The lowest BCUT2D eigenvalue weighted by molar-refractivity contribution is -0.142. The molecule has 51 heavy (non-hydrogen) atoms. The predicted octanol–water partition coefficient (Wildman–Crippen LogP) is 5.73. The van der Waals surface area contributed by atoms with Crippen molar-refractivity contribution in [2.45, 2.75) is 58.3 Å². The van der Waals surface area contributed by atoms with E-state index in [4.69, 9.17) is 0 Å². The normalized spacial score (nSPS) is 17.2. The van der Waals surface area contributed by atoms with Crippen LogP contribution in [0.2, 0.25) is 0 Å². The molecule has 3 aromatic heterocycles. The molecule has 12 nitrogen and oxygen atoms in total. The van der Waals surface area contributed by atoms with E-state index in [1.165, 1.54) is 4.90 Å². The van der Waals surface area contributed by atoms with Gasteiger partial charge in [-0.15, -0.1) is 26.6 Å². The fourth-order valence-corrected chi connectivity index (χ4v) is 7.46. The van der Waals surface area contributed by atoms with E-state index in [1.54, 1.807) is 40.4 Å². The summed E-state index contributed by atoms with van der Waals surface area (Å²) in [6.45, 7) is 7.76. The molecule has 7 rings (SSSR count). The van der Waals surface area contributed by atoms with Gasteiger partial charge in [-0.2, -0.15) is 0 Å². The zero-order chi connectivity index (χ0) is 35.8. The van der Waals surface area contributed by atoms with E-state index in [2.05, 4.69) is 30.8 Å². The van der Waals surface area contributed by atoms with Gasteiger partial charge in [-0.1, -0.05) is 61.5 Å². The van der Waals surface area contributed by atoms with Crippen LogP contribution >= 0.6 is 11.3 Å². The van der Waals surface area contributed by atoms with Gasteiger partial charge in [-0.3, -0.25) is 9.59 Å². The minimum atomic E-state index is -0.835. The van der Waals surface area contributed by atoms with Gasteiger partial charge in [-0.05, 0) is 61.2 Å². The summed E-state index contributed by atoms with van der Waals surface area (Å²) in [6.07, 6.45) is 1.04. The Kier molecular flexibility index (Phi) is 9.32. The van der Waals surface area contributed by atoms with Gasteiger partial charge in [0.15, 0.2) is 0 Å². The Labute approximate surface area is 298 Å². The number of hydrogen-bond acceptors (Lipinski definition) is 10. The van der Waals surface area contributed by atoms with Gasteiger partial charge in [0.2, 0.25) is 11.8 Å². The summed E-state index contributed by atoms with van der Waals surface area (Å²) in [4.78, 5) is 34.8. The number of nitrogens with one attached hydrogen (secondary N) is 1. The third-order valence-electron chi connectivity index (χ3n) is 9.38. The summed E-state index contributed by atoms with van der Waals surface area (Å²) in [5, 5.41) is 42.2. The van der Waals surface area contributed by atoms with Crippen molar-refractivity contribution in [2.75, 3.05) is 6.54 Å². The van der Waals surface area contributed by atoms with Crippen molar-refractivity contribution in [3.8, 4) is 38.7 Å². The van der Waals surface area contributed by atoms with Crippen LogP contribution in [0.1, 0.15) is 50.5 Å². The number of phenols is 1. The second kappa shape index (κ2) is 14.0. The molecule has 1 aliphatic rings. The molecule has 0 spiro atoms. The lowest BCUT2D eigenvalue weighted by Gasteiger charge is -2.30. The highest BCUT2D eigenvalue weighted by Gasteiger charge is 2.43. The monoisotopic (exact) mass is 702 g/mol. The molecule has 4 atom stereocenters. The molecular formula is C38H38N8O4S. The average Bonchev–Trinajstić information content (AvgIpc) is 3.88. The molecule has 6 aromatic rings. The molecule has 13 heteroatoms. The Morgan fingerprint density at radius 2 is 1.71 bits per heavy atom. The smallest absolute Gasteiger partial charge is 0.248 e. The number of aromatic hydroxyl groups is 1. The maximum absolute atomic E-state index is 14.2. The lowest BCUT2D eigenvalue weighted by atomic mass is 10.0. The first kappa shape index (κ1) is 33.9. The number of fused-ring (bicyclic) bond motifs is 1. The molecule has 0 bridgehead atoms. The van der Waals surface area contributed by atoms with E-state index < -0.39 is 18.2 Å². The maximum atomic E-state index is 14.2. The summed E-state index contributed by atoms with van der Waals surface area (Å²) in [6, 6.07) is 20.5. The van der Waals surface area contributed by atoms with Gasteiger partial charge in [0.1, 0.15) is 23.5 Å². The van der Waals surface area contributed by atoms with Crippen LogP contribution in [0.3, 0.4) is 0 Å².